The lowest BCUT2D eigenvalue weighted by atomic mass is 10.1. The third-order valence-electron chi connectivity index (χ3n) is 2.84. The van der Waals surface area contributed by atoms with Crippen LogP contribution in [0.25, 0.3) is 0 Å². The first-order valence-corrected chi connectivity index (χ1v) is 6.03. The van der Waals surface area contributed by atoms with Crippen molar-refractivity contribution in [2.45, 2.75) is 45.6 Å². The quantitative estimate of drug-likeness (QED) is 0.856. The third-order valence-corrected chi connectivity index (χ3v) is 2.84. The van der Waals surface area contributed by atoms with Crippen LogP contribution in [0.3, 0.4) is 0 Å². The number of hydrogen-bond acceptors (Lipinski definition) is 5. The van der Waals surface area contributed by atoms with Gasteiger partial charge in [-0.25, -0.2) is 0 Å². The Morgan fingerprint density at radius 1 is 1.59 bits per heavy atom. The number of ether oxygens (including phenoxy) is 1. The van der Waals surface area contributed by atoms with E-state index in [0.29, 0.717) is 6.54 Å². The number of nitrogens with zero attached hydrogens (tertiary/aromatic N) is 2. The maximum Gasteiger partial charge on any atom is 0.151 e. The van der Waals surface area contributed by atoms with Gasteiger partial charge in [0, 0.05) is 25.7 Å². The highest BCUT2D eigenvalue weighted by atomic mass is 16.5. The zero-order valence-corrected chi connectivity index (χ0v) is 10.8. The normalized spacial score (nSPS) is 25.1. The number of aromatic nitrogens is 1. The molecule has 2 rings (SSSR count). The predicted octanol–water partition coefficient (Wildman–Crippen LogP) is 1.13. The maximum absolute atomic E-state index is 5.86. The van der Waals surface area contributed by atoms with E-state index in [1.807, 2.05) is 6.07 Å². The van der Waals surface area contributed by atoms with Gasteiger partial charge in [0.15, 0.2) is 5.76 Å². The summed E-state index contributed by atoms with van der Waals surface area (Å²) in [6.07, 6.45) is 0.246. The second kappa shape index (κ2) is 4.76. The number of morpholine rings is 1. The summed E-state index contributed by atoms with van der Waals surface area (Å²) in [5.41, 5.74) is 6.21. The largest absolute Gasteiger partial charge is 0.370 e. The average Bonchev–Trinajstić information content (AvgIpc) is 2.62. The third kappa shape index (κ3) is 3.28. The first-order chi connectivity index (χ1) is 7.98. The molecule has 0 aromatic carbocycles. The topological polar surface area (TPSA) is 64.5 Å². The molecule has 0 aliphatic carbocycles. The Hall–Kier alpha value is -0.910. The minimum Gasteiger partial charge on any atom is -0.370 e. The fraction of sp³-hybridized carbons (Fsp3) is 0.750. The molecule has 0 saturated carbocycles. The van der Waals surface area contributed by atoms with Crippen molar-refractivity contribution in [1.29, 1.82) is 0 Å². The molecule has 17 heavy (non-hydrogen) atoms. The summed E-state index contributed by atoms with van der Waals surface area (Å²) in [5.74, 6) is 0.871. The number of rotatable bonds is 3. The van der Waals surface area contributed by atoms with Gasteiger partial charge in [0.05, 0.1) is 23.9 Å². The fourth-order valence-corrected chi connectivity index (χ4v) is 2.45. The SMILES string of the molecule is CC1CN(Cc2cc(CN)no2)CC(C)(C)O1. The summed E-state index contributed by atoms with van der Waals surface area (Å²) in [6.45, 7) is 9.33. The first-order valence-electron chi connectivity index (χ1n) is 6.03. The molecule has 1 atom stereocenters. The molecule has 1 aliphatic rings. The Labute approximate surface area is 102 Å². The Morgan fingerprint density at radius 2 is 2.35 bits per heavy atom. The lowest BCUT2D eigenvalue weighted by Crippen LogP contribution is -2.51. The molecular formula is C12H21N3O2. The van der Waals surface area contributed by atoms with Gasteiger partial charge in [0.1, 0.15) is 0 Å². The standard InChI is InChI=1S/C12H21N3O2/c1-9-6-15(8-12(2,3)16-9)7-11-4-10(5-13)14-17-11/h4,9H,5-8,13H2,1-3H3. The minimum absolute atomic E-state index is 0.103. The van der Waals surface area contributed by atoms with Crippen LogP contribution >= 0.6 is 0 Å². The molecule has 2 N–H and O–H groups in total. The van der Waals surface area contributed by atoms with Crippen molar-refractivity contribution in [2.24, 2.45) is 5.73 Å². The molecule has 2 heterocycles. The Balaban J connectivity index is 1.98. The van der Waals surface area contributed by atoms with Crippen molar-refractivity contribution < 1.29 is 9.26 Å². The van der Waals surface area contributed by atoms with E-state index in [-0.39, 0.29) is 11.7 Å². The monoisotopic (exact) mass is 239 g/mol. The van der Waals surface area contributed by atoms with Crippen LogP contribution in [0.4, 0.5) is 0 Å². The highest BCUT2D eigenvalue weighted by Gasteiger charge is 2.31. The molecule has 0 bridgehead atoms. The van der Waals surface area contributed by atoms with Crippen molar-refractivity contribution in [3.8, 4) is 0 Å². The molecule has 1 aromatic heterocycles. The maximum atomic E-state index is 5.86. The van der Waals surface area contributed by atoms with Crippen LogP contribution in [0.2, 0.25) is 0 Å². The fourth-order valence-electron chi connectivity index (χ4n) is 2.45. The van der Waals surface area contributed by atoms with E-state index in [1.54, 1.807) is 0 Å². The summed E-state index contributed by atoms with van der Waals surface area (Å²) >= 11 is 0. The highest BCUT2D eigenvalue weighted by Crippen LogP contribution is 2.22. The van der Waals surface area contributed by atoms with E-state index < -0.39 is 0 Å². The lowest BCUT2D eigenvalue weighted by Gasteiger charge is -2.41. The predicted molar refractivity (Wildman–Crippen MR) is 64.3 cm³/mol. The van der Waals surface area contributed by atoms with Gasteiger partial charge < -0.3 is 15.0 Å². The van der Waals surface area contributed by atoms with Gasteiger partial charge in [-0.1, -0.05) is 5.16 Å². The van der Waals surface area contributed by atoms with Crippen LogP contribution in [0.1, 0.15) is 32.2 Å². The smallest absolute Gasteiger partial charge is 0.151 e. The van der Waals surface area contributed by atoms with Crippen LogP contribution in [-0.4, -0.2) is 34.9 Å². The molecule has 0 radical (unpaired) electrons. The molecule has 5 nitrogen and oxygen atoms in total. The van der Waals surface area contributed by atoms with Crippen molar-refractivity contribution in [3.63, 3.8) is 0 Å². The van der Waals surface area contributed by atoms with Crippen molar-refractivity contribution >= 4 is 0 Å². The van der Waals surface area contributed by atoms with Gasteiger partial charge in [-0.15, -0.1) is 0 Å². The molecule has 1 aliphatic heterocycles. The zero-order chi connectivity index (χ0) is 12.5. The van der Waals surface area contributed by atoms with Crippen LogP contribution in [0.5, 0.6) is 0 Å². The Kier molecular flexibility index (Phi) is 3.51. The van der Waals surface area contributed by atoms with E-state index in [1.165, 1.54) is 0 Å². The van der Waals surface area contributed by atoms with Gasteiger partial charge in [-0.3, -0.25) is 4.90 Å². The van der Waals surface area contributed by atoms with E-state index in [0.717, 1.165) is 31.1 Å². The van der Waals surface area contributed by atoms with Crippen molar-refractivity contribution in [3.05, 3.63) is 17.5 Å². The summed E-state index contributed by atoms with van der Waals surface area (Å²) in [6, 6.07) is 1.92. The number of nitrogens with two attached hydrogens (primary N) is 1. The molecule has 96 valence electrons. The molecule has 5 heteroatoms. The Morgan fingerprint density at radius 3 is 2.94 bits per heavy atom. The molecular weight excluding hydrogens is 218 g/mol. The average molecular weight is 239 g/mol. The molecule has 1 fully saturated rings. The molecule has 1 saturated heterocycles. The van der Waals surface area contributed by atoms with E-state index >= 15 is 0 Å². The van der Waals surface area contributed by atoms with Gasteiger partial charge in [-0.05, 0) is 20.8 Å². The van der Waals surface area contributed by atoms with E-state index in [9.17, 15) is 0 Å². The summed E-state index contributed by atoms with van der Waals surface area (Å²) < 4.78 is 11.1. The van der Waals surface area contributed by atoms with Gasteiger partial charge in [-0.2, -0.15) is 0 Å². The van der Waals surface area contributed by atoms with Crippen molar-refractivity contribution in [1.82, 2.24) is 10.1 Å². The minimum atomic E-state index is -0.103. The van der Waals surface area contributed by atoms with E-state index in [4.69, 9.17) is 15.0 Å². The van der Waals surface area contributed by atoms with E-state index in [2.05, 4.69) is 30.8 Å². The second-order valence-corrected chi connectivity index (χ2v) is 5.35. The molecule has 1 unspecified atom stereocenters. The van der Waals surface area contributed by atoms with Crippen molar-refractivity contribution in [2.75, 3.05) is 13.1 Å². The first kappa shape index (κ1) is 12.5. The van der Waals surface area contributed by atoms with Gasteiger partial charge in [0.2, 0.25) is 0 Å². The van der Waals surface area contributed by atoms with Gasteiger partial charge in [0.25, 0.3) is 0 Å². The van der Waals surface area contributed by atoms with Crippen LogP contribution < -0.4 is 5.73 Å². The number of hydrogen-bond donors (Lipinski definition) is 1. The molecule has 0 spiro atoms. The second-order valence-electron chi connectivity index (χ2n) is 5.35. The molecule has 1 aromatic rings. The lowest BCUT2D eigenvalue weighted by molar-refractivity contribution is -0.131. The van der Waals surface area contributed by atoms with Gasteiger partial charge >= 0.3 is 0 Å². The summed E-state index contributed by atoms with van der Waals surface area (Å²) in [5, 5.41) is 3.90. The van der Waals surface area contributed by atoms with Crippen LogP contribution in [0.15, 0.2) is 10.6 Å². The van der Waals surface area contributed by atoms with Crippen LogP contribution in [-0.2, 0) is 17.8 Å². The van der Waals surface area contributed by atoms with Crippen LogP contribution in [0, 0.1) is 0 Å². The molecule has 0 amide bonds. The highest BCUT2D eigenvalue weighted by molar-refractivity contribution is 5.05. The zero-order valence-electron chi connectivity index (χ0n) is 10.8. The Bertz CT molecular complexity index is 376. The summed E-state index contributed by atoms with van der Waals surface area (Å²) in [7, 11) is 0. The summed E-state index contributed by atoms with van der Waals surface area (Å²) in [4.78, 5) is 2.33.